The van der Waals surface area contributed by atoms with Crippen LogP contribution in [-0.2, 0) is 13.1 Å². The van der Waals surface area contributed by atoms with E-state index in [0.717, 1.165) is 25.7 Å². The highest BCUT2D eigenvalue weighted by atomic mass is 32.1. The van der Waals surface area contributed by atoms with Crippen molar-refractivity contribution in [2.24, 2.45) is 0 Å². The molecule has 2 aliphatic rings. The summed E-state index contributed by atoms with van der Waals surface area (Å²) in [6.07, 6.45) is 4.10. The lowest BCUT2D eigenvalue weighted by atomic mass is 10.2. The van der Waals surface area contributed by atoms with Gasteiger partial charge in [0.15, 0.2) is 0 Å². The molecule has 1 saturated heterocycles. The molecule has 118 valence electrons. The fraction of sp³-hybridized carbons (Fsp3) is 0.765. The fourth-order valence-corrected chi connectivity index (χ4v) is 4.21. The lowest BCUT2D eigenvalue weighted by molar-refractivity contribution is 0.121. The fourth-order valence-electron chi connectivity index (χ4n) is 3.19. The largest absolute Gasteiger partial charge is 0.312 e. The van der Waals surface area contributed by atoms with E-state index < -0.39 is 0 Å². The van der Waals surface area contributed by atoms with Crippen LogP contribution in [0.1, 0.15) is 41.5 Å². The Balaban J connectivity index is 1.48. The van der Waals surface area contributed by atoms with Gasteiger partial charge in [-0.1, -0.05) is 6.92 Å². The van der Waals surface area contributed by atoms with Gasteiger partial charge in [-0.2, -0.15) is 0 Å². The van der Waals surface area contributed by atoms with Gasteiger partial charge in [0.05, 0.1) is 0 Å². The Bertz CT molecular complexity index is 445. The molecule has 3 rings (SSSR count). The summed E-state index contributed by atoms with van der Waals surface area (Å²) in [6, 6.07) is 3.36. The van der Waals surface area contributed by atoms with Gasteiger partial charge in [-0.3, -0.25) is 9.80 Å². The second-order valence-corrected chi connectivity index (χ2v) is 7.86. The summed E-state index contributed by atoms with van der Waals surface area (Å²) in [5.74, 6) is 0. The van der Waals surface area contributed by atoms with Crippen molar-refractivity contribution >= 4 is 11.3 Å². The van der Waals surface area contributed by atoms with Gasteiger partial charge >= 0.3 is 0 Å². The highest BCUT2D eigenvalue weighted by molar-refractivity contribution is 7.12. The third-order valence-corrected chi connectivity index (χ3v) is 5.75. The molecule has 3 nitrogen and oxygen atoms in total. The minimum absolute atomic E-state index is 0.936. The van der Waals surface area contributed by atoms with Gasteiger partial charge in [0.1, 0.15) is 0 Å². The summed E-state index contributed by atoms with van der Waals surface area (Å²) in [4.78, 5) is 8.33. The van der Waals surface area contributed by atoms with Crippen LogP contribution in [0.25, 0.3) is 0 Å². The molecule has 21 heavy (non-hydrogen) atoms. The monoisotopic (exact) mass is 307 g/mol. The highest BCUT2D eigenvalue weighted by Crippen LogP contribution is 2.28. The van der Waals surface area contributed by atoms with Crippen LogP contribution in [0.2, 0.25) is 0 Å². The van der Waals surface area contributed by atoms with E-state index in [4.69, 9.17) is 0 Å². The average molecular weight is 308 g/mol. The molecule has 1 aromatic heterocycles. The van der Waals surface area contributed by atoms with Crippen molar-refractivity contribution in [1.82, 2.24) is 15.1 Å². The minimum atomic E-state index is 0.936. The van der Waals surface area contributed by atoms with Gasteiger partial charge in [0, 0.05) is 55.1 Å². The first kappa shape index (κ1) is 15.5. The Hall–Kier alpha value is -0.420. The van der Waals surface area contributed by atoms with Crippen LogP contribution in [0.4, 0.5) is 0 Å². The van der Waals surface area contributed by atoms with E-state index in [0.29, 0.717) is 0 Å². The van der Waals surface area contributed by atoms with Crippen LogP contribution < -0.4 is 5.32 Å². The number of thiophene rings is 1. The number of hydrogen-bond donors (Lipinski definition) is 1. The van der Waals surface area contributed by atoms with Gasteiger partial charge < -0.3 is 5.32 Å². The van der Waals surface area contributed by atoms with Crippen LogP contribution in [0.15, 0.2) is 6.07 Å². The van der Waals surface area contributed by atoms with Crippen LogP contribution in [0.5, 0.6) is 0 Å². The lowest BCUT2D eigenvalue weighted by Gasteiger charge is -2.34. The number of nitrogens with one attached hydrogen (secondary N) is 1. The number of hydrogen-bond acceptors (Lipinski definition) is 4. The van der Waals surface area contributed by atoms with Crippen molar-refractivity contribution in [2.75, 3.05) is 32.7 Å². The Morgan fingerprint density at radius 2 is 2.00 bits per heavy atom. The molecular formula is C17H29N3S. The zero-order chi connectivity index (χ0) is 14.7. The molecule has 1 aliphatic heterocycles. The molecule has 1 N–H and O–H groups in total. The van der Waals surface area contributed by atoms with Gasteiger partial charge in [-0.05, 0) is 44.4 Å². The molecule has 1 saturated carbocycles. The topological polar surface area (TPSA) is 18.5 Å². The minimum Gasteiger partial charge on any atom is -0.312 e. The van der Waals surface area contributed by atoms with Gasteiger partial charge in [0.2, 0.25) is 0 Å². The second-order valence-electron chi connectivity index (χ2n) is 6.51. The summed E-state index contributed by atoms with van der Waals surface area (Å²) in [6.45, 7) is 12.9. The third kappa shape index (κ3) is 4.28. The Morgan fingerprint density at radius 3 is 2.67 bits per heavy atom. The summed E-state index contributed by atoms with van der Waals surface area (Å²) < 4.78 is 0. The van der Waals surface area contributed by atoms with Crippen molar-refractivity contribution in [3.05, 3.63) is 21.4 Å². The van der Waals surface area contributed by atoms with E-state index in [1.807, 2.05) is 11.3 Å². The van der Waals surface area contributed by atoms with Crippen molar-refractivity contribution < 1.29 is 0 Å². The van der Waals surface area contributed by atoms with Crippen LogP contribution in [0.3, 0.4) is 0 Å². The van der Waals surface area contributed by atoms with Crippen LogP contribution in [0, 0.1) is 6.92 Å². The maximum atomic E-state index is 3.51. The zero-order valence-electron chi connectivity index (χ0n) is 13.5. The number of nitrogens with zero attached hydrogens (tertiary/aromatic N) is 2. The molecule has 0 atom stereocenters. The van der Waals surface area contributed by atoms with Crippen molar-refractivity contribution in [1.29, 1.82) is 0 Å². The first-order valence-electron chi connectivity index (χ1n) is 8.51. The Labute approximate surface area is 133 Å². The zero-order valence-corrected chi connectivity index (χ0v) is 14.3. The molecule has 0 amide bonds. The first-order valence-corrected chi connectivity index (χ1v) is 9.33. The van der Waals surface area contributed by atoms with Crippen molar-refractivity contribution in [2.45, 2.75) is 52.2 Å². The SMILES string of the molecule is CCCNCc1cc(CN2CCN(C3CC3)CC2)c(C)s1. The Kier molecular flexibility index (Phi) is 5.33. The smallest absolute Gasteiger partial charge is 0.0299 e. The molecule has 2 fully saturated rings. The number of aryl methyl sites for hydroxylation is 1. The first-order chi connectivity index (χ1) is 10.3. The highest BCUT2D eigenvalue weighted by Gasteiger charge is 2.31. The molecule has 0 unspecified atom stereocenters. The van der Waals surface area contributed by atoms with Gasteiger partial charge in [-0.25, -0.2) is 0 Å². The maximum Gasteiger partial charge on any atom is 0.0299 e. The van der Waals surface area contributed by atoms with E-state index in [2.05, 4.69) is 35.0 Å². The van der Waals surface area contributed by atoms with E-state index in [9.17, 15) is 0 Å². The predicted octanol–water partition coefficient (Wildman–Crippen LogP) is 2.84. The van der Waals surface area contributed by atoms with Crippen LogP contribution >= 0.6 is 11.3 Å². The summed E-state index contributed by atoms with van der Waals surface area (Å²) >= 11 is 1.97. The van der Waals surface area contributed by atoms with Gasteiger partial charge in [-0.15, -0.1) is 11.3 Å². The summed E-state index contributed by atoms with van der Waals surface area (Å²) in [5.41, 5.74) is 1.55. The molecular weight excluding hydrogens is 278 g/mol. The summed E-state index contributed by atoms with van der Waals surface area (Å²) in [7, 11) is 0. The van der Waals surface area contributed by atoms with E-state index >= 15 is 0 Å². The molecule has 0 bridgehead atoms. The molecule has 0 spiro atoms. The molecule has 2 heterocycles. The van der Waals surface area contributed by atoms with E-state index in [1.54, 1.807) is 5.56 Å². The molecule has 0 radical (unpaired) electrons. The standard InChI is InChI=1S/C17H29N3S/c1-3-6-18-12-17-11-15(14(2)21-17)13-19-7-9-20(10-8-19)16-4-5-16/h11,16,18H,3-10,12-13H2,1-2H3. The molecule has 1 aromatic rings. The number of piperazine rings is 1. The summed E-state index contributed by atoms with van der Waals surface area (Å²) in [5, 5.41) is 3.51. The van der Waals surface area contributed by atoms with Crippen molar-refractivity contribution in [3.63, 3.8) is 0 Å². The lowest BCUT2D eigenvalue weighted by Crippen LogP contribution is -2.46. The molecule has 0 aromatic carbocycles. The predicted molar refractivity (Wildman–Crippen MR) is 90.9 cm³/mol. The quantitative estimate of drug-likeness (QED) is 0.782. The van der Waals surface area contributed by atoms with Gasteiger partial charge in [0.25, 0.3) is 0 Å². The van der Waals surface area contributed by atoms with Crippen molar-refractivity contribution in [3.8, 4) is 0 Å². The molecule has 1 aliphatic carbocycles. The molecule has 4 heteroatoms. The Morgan fingerprint density at radius 1 is 1.24 bits per heavy atom. The third-order valence-electron chi connectivity index (χ3n) is 4.66. The normalized spacial score (nSPS) is 21.0. The van der Waals surface area contributed by atoms with E-state index in [-0.39, 0.29) is 0 Å². The van der Waals surface area contributed by atoms with E-state index in [1.165, 1.54) is 55.2 Å². The second kappa shape index (κ2) is 7.23. The van der Waals surface area contributed by atoms with Crippen LogP contribution in [-0.4, -0.2) is 48.6 Å². The number of rotatable bonds is 7. The maximum absolute atomic E-state index is 3.51. The average Bonchev–Trinajstić information content (AvgIpc) is 3.27.